The average molecular weight is 640 g/mol. The molecule has 0 bridgehead atoms. The molecule has 1 heterocycles. The van der Waals surface area contributed by atoms with Gasteiger partial charge >= 0.3 is 12.1 Å². The number of hydrogen-bond acceptors (Lipinski definition) is 6. The SMILES string of the molecule is CC1C(=O)CCC(N2Cc3c(SCCCCCCCCCS(=O)(=O)CCCC(F)(F)C(F)(F)F)cccc3C2=O)C1=O. The Hall–Kier alpha value is -2.02. The minimum absolute atomic E-state index is 0.0715. The number of Topliss-reactive ketones (excluding diaryl/α,β-unsaturated/α-hetero) is 2. The molecular weight excluding hydrogens is 601 g/mol. The lowest BCUT2D eigenvalue weighted by Crippen LogP contribution is -2.48. The van der Waals surface area contributed by atoms with Crippen LogP contribution in [0.1, 0.15) is 93.5 Å². The van der Waals surface area contributed by atoms with Crippen LogP contribution in [0.5, 0.6) is 0 Å². The molecule has 1 aliphatic carbocycles. The molecule has 6 nitrogen and oxygen atoms in total. The van der Waals surface area contributed by atoms with E-state index in [2.05, 4.69) is 0 Å². The van der Waals surface area contributed by atoms with Crippen molar-refractivity contribution in [3.8, 4) is 0 Å². The molecule has 0 aromatic heterocycles. The Morgan fingerprint density at radius 2 is 1.52 bits per heavy atom. The molecule has 42 heavy (non-hydrogen) atoms. The van der Waals surface area contributed by atoms with Crippen molar-refractivity contribution in [1.29, 1.82) is 0 Å². The first-order valence-corrected chi connectivity index (χ1v) is 17.2. The quantitative estimate of drug-likeness (QED) is 0.0857. The standard InChI is InChI=1S/C29H38F5NO5S2/c1-20-24(36)14-13-23(26(20)37)35-19-22-21(27(35)38)11-9-12-25(22)41-16-7-5-3-2-4-6-8-17-42(39,40)18-10-15-28(30,31)29(32,33)34/h9,11-12,20,23H,2-8,10,13-19H2,1H3. The van der Waals surface area contributed by atoms with Crippen molar-refractivity contribution in [1.82, 2.24) is 4.90 Å². The van der Waals surface area contributed by atoms with Gasteiger partial charge in [0.25, 0.3) is 5.91 Å². The maximum Gasteiger partial charge on any atom is 0.453 e. The van der Waals surface area contributed by atoms with Gasteiger partial charge in [-0.3, -0.25) is 14.4 Å². The molecule has 1 aromatic rings. The maximum absolute atomic E-state index is 13.1. The van der Waals surface area contributed by atoms with Gasteiger partial charge in [0.15, 0.2) is 5.78 Å². The minimum Gasteiger partial charge on any atom is -0.324 e. The number of halogens is 5. The molecule has 0 spiro atoms. The number of hydrogen-bond donors (Lipinski definition) is 0. The number of rotatable bonds is 16. The Labute approximate surface area is 248 Å². The number of thioether (sulfide) groups is 1. The van der Waals surface area contributed by atoms with Crippen molar-refractivity contribution in [2.24, 2.45) is 5.92 Å². The second-order valence-corrected chi connectivity index (χ2v) is 14.6. The summed E-state index contributed by atoms with van der Waals surface area (Å²) in [5, 5.41) is 0. The first kappa shape index (κ1) is 34.5. The highest BCUT2D eigenvalue weighted by molar-refractivity contribution is 7.99. The fraction of sp³-hybridized carbons (Fsp3) is 0.690. The molecule has 2 unspecified atom stereocenters. The van der Waals surface area contributed by atoms with E-state index >= 15 is 0 Å². The van der Waals surface area contributed by atoms with Gasteiger partial charge in [0, 0.05) is 29.8 Å². The van der Waals surface area contributed by atoms with Gasteiger partial charge in [-0.05, 0) is 56.1 Å². The summed E-state index contributed by atoms with van der Waals surface area (Å²) in [6.45, 7) is 1.98. The molecule has 236 valence electrons. The van der Waals surface area contributed by atoms with Crippen LogP contribution in [0.4, 0.5) is 22.0 Å². The maximum atomic E-state index is 13.1. The van der Waals surface area contributed by atoms with E-state index in [9.17, 15) is 44.8 Å². The molecule has 1 saturated carbocycles. The molecule has 0 N–H and O–H groups in total. The summed E-state index contributed by atoms with van der Waals surface area (Å²) in [4.78, 5) is 40.3. The van der Waals surface area contributed by atoms with Gasteiger partial charge < -0.3 is 4.90 Å². The van der Waals surface area contributed by atoms with Crippen LogP contribution in [0.3, 0.4) is 0 Å². The van der Waals surface area contributed by atoms with Gasteiger partial charge in [-0.25, -0.2) is 8.42 Å². The Morgan fingerprint density at radius 3 is 2.19 bits per heavy atom. The van der Waals surface area contributed by atoms with Crippen molar-refractivity contribution >= 4 is 39.1 Å². The highest BCUT2D eigenvalue weighted by atomic mass is 32.2. The average Bonchev–Trinajstić information content (AvgIpc) is 3.24. The fourth-order valence-corrected chi connectivity index (χ4v) is 7.88. The van der Waals surface area contributed by atoms with Crippen LogP contribution in [0.25, 0.3) is 0 Å². The zero-order valence-electron chi connectivity index (χ0n) is 23.7. The third-order valence-electron chi connectivity index (χ3n) is 7.95. The van der Waals surface area contributed by atoms with E-state index in [1.54, 1.807) is 29.7 Å². The van der Waals surface area contributed by atoms with E-state index in [1.807, 2.05) is 12.1 Å². The Bertz CT molecular complexity index is 1240. The van der Waals surface area contributed by atoms with Crippen LogP contribution in [0, 0.1) is 5.92 Å². The first-order valence-electron chi connectivity index (χ1n) is 14.4. The molecule has 13 heteroatoms. The normalized spacial score (nSPS) is 20.0. The van der Waals surface area contributed by atoms with Crippen LogP contribution in [-0.4, -0.2) is 66.2 Å². The van der Waals surface area contributed by atoms with Crippen molar-refractivity contribution < 1.29 is 44.8 Å². The minimum atomic E-state index is -5.67. The van der Waals surface area contributed by atoms with Crippen LogP contribution in [0.15, 0.2) is 23.1 Å². The van der Waals surface area contributed by atoms with E-state index in [0.29, 0.717) is 37.8 Å². The number of alkyl halides is 5. The van der Waals surface area contributed by atoms with Gasteiger partial charge in [-0.15, -0.1) is 11.8 Å². The molecule has 1 amide bonds. The lowest BCUT2D eigenvalue weighted by Gasteiger charge is -2.31. The molecule has 3 rings (SSSR count). The number of sulfone groups is 1. The third-order valence-corrected chi connectivity index (χ3v) is 11.0. The van der Waals surface area contributed by atoms with Crippen molar-refractivity contribution in [3.05, 3.63) is 29.3 Å². The number of benzene rings is 1. The molecule has 0 radical (unpaired) electrons. The van der Waals surface area contributed by atoms with Crippen molar-refractivity contribution in [2.75, 3.05) is 17.3 Å². The monoisotopic (exact) mass is 639 g/mol. The molecule has 1 aromatic carbocycles. The topological polar surface area (TPSA) is 88.6 Å². The summed E-state index contributed by atoms with van der Waals surface area (Å²) in [5.74, 6) is -6.01. The van der Waals surface area contributed by atoms with E-state index in [0.717, 1.165) is 48.3 Å². The number of nitrogens with zero attached hydrogens (tertiary/aromatic N) is 1. The number of carbonyl (C=O) groups excluding carboxylic acids is 3. The zero-order chi connectivity index (χ0) is 31.1. The molecule has 1 fully saturated rings. The number of fused-ring (bicyclic) bond motifs is 1. The predicted octanol–water partition coefficient (Wildman–Crippen LogP) is 6.79. The number of unbranched alkanes of at least 4 members (excludes halogenated alkanes) is 6. The van der Waals surface area contributed by atoms with Crippen LogP contribution in [0.2, 0.25) is 0 Å². The molecular formula is C29H38F5NO5S2. The number of ketones is 2. The van der Waals surface area contributed by atoms with Gasteiger partial charge in [0.1, 0.15) is 15.6 Å². The molecule has 2 atom stereocenters. The smallest absolute Gasteiger partial charge is 0.324 e. The summed E-state index contributed by atoms with van der Waals surface area (Å²) in [7, 11) is -3.66. The summed E-state index contributed by atoms with van der Waals surface area (Å²) in [6, 6.07) is 5.04. The van der Waals surface area contributed by atoms with Gasteiger partial charge in [0.05, 0.1) is 23.5 Å². The molecule has 0 saturated heterocycles. The van der Waals surface area contributed by atoms with Crippen molar-refractivity contribution in [2.45, 2.75) is 107 Å². The summed E-state index contributed by atoms with van der Waals surface area (Å²) in [6.07, 6.45) is -1.66. The van der Waals surface area contributed by atoms with Gasteiger partial charge in [0.2, 0.25) is 0 Å². The molecule has 2 aliphatic rings. The first-order chi connectivity index (χ1) is 19.6. The van der Waals surface area contributed by atoms with Crippen LogP contribution < -0.4 is 0 Å². The highest BCUT2D eigenvalue weighted by Crippen LogP contribution is 2.39. The summed E-state index contributed by atoms with van der Waals surface area (Å²) >= 11 is 1.67. The molecule has 1 aliphatic heterocycles. The summed E-state index contributed by atoms with van der Waals surface area (Å²) < 4.78 is 86.3. The second-order valence-electron chi connectivity index (χ2n) is 11.1. The number of amides is 1. The third kappa shape index (κ3) is 9.00. The largest absolute Gasteiger partial charge is 0.453 e. The van der Waals surface area contributed by atoms with Crippen LogP contribution >= 0.6 is 11.8 Å². The second kappa shape index (κ2) is 14.6. The number of carbonyl (C=O) groups is 3. The van der Waals surface area contributed by atoms with Gasteiger partial charge in [-0.2, -0.15) is 22.0 Å². The highest BCUT2D eigenvalue weighted by Gasteiger charge is 2.56. The van der Waals surface area contributed by atoms with E-state index in [4.69, 9.17) is 0 Å². The fourth-order valence-electron chi connectivity index (χ4n) is 5.36. The lowest BCUT2D eigenvalue weighted by molar-refractivity contribution is -0.284. The summed E-state index contributed by atoms with van der Waals surface area (Å²) in [5.41, 5.74) is 1.53. The van der Waals surface area contributed by atoms with Gasteiger partial charge in [-0.1, -0.05) is 38.2 Å². The Balaban J connectivity index is 1.29. The van der Waals surface area contributed by atoms with Crippen LogP contribution in [-0.2, 0) is 26.0 Å². The Morgan fingerprint density at radius 1 is 0.905 bits per heavy atom. The van der Waals surface area contributed by atoms with E-state index in [1.165, 1.54) is 0 Å². The zero-order valence-corrected chi connectivity index (χ0v) is 25.3. The lowest BCUT2D eigenvalue weighted by atomic mass is 9.84. The Kier molecular flexibility index (Phi) is 12.0. The van der Waals surface area contributed by atoms with E-state index < -0.39 is 52.5 Å². The van der Waals surface area contributed by atoms with E-state index in [-0.39, 0.29) is 23.2 Å². The van der Waals surface area contributed by atoms with Crippen molar-refractivity contribution in [3.63, 3.8) is 0 Å². The predicted molar refractivity (Wildman–Crippen MR) is 150 cm³/mol.